The summed E-state index contributed by atoms with van der Waals surface area (Å²) in [6, 6.07) is 25.6. The molecule has 5 rings (SSSR count). The average molecular weight is 614 g/mol. The second-order valence-electron chi connectivity index (χ2n) is 9.35. The Kier molecular flexibility index (Phi) is 8.43. The first-order chi connectivity index (χ1) is 19.2. The summed E-state index contributed by atoms with van der Waals surface area (Å²) in [5.74, 6) is 0. The van der Waals surface area contributed by atoms with Gasteiger partial charge in [0.25, 0.3) is 0 Å². The van der Waals surface area contributed by atoms with Crippen molar-refractivity contribution < 1.29 is 9.59 Å². The molecule has 0 fully saturated rings. The van der Waals surface area contributed by atoms with E-state index in [1.54, 1.807) is 46.2 Å². The number of carbonyl (C=O) groups is 2. The van der Waals surface area contributed by atoms with Crippen molar-refractivity contribution >= 4 is 81.2 Å². The highest BCUT2D eigenvalue weighted by molar-refractivity contribution is 6.42. The number of halogens is 4. The van der Waals surface area contributed by atoms with Crippen molar-refractivity contribution in [3.05, 3.63) is 117 Å². The second-order valence-corrected chi connectivity index (χ2v) is 11.0. The average Bonchev–Trinajstić information content (AvgIpc) is 2.93. The summed E-state index contributed by atoms with van der Waals surface area (Å²) in [4.78, 5) is 30.8. The number of urea groups is 2. The highest BCUT2D eigenvalue weighted by atomic mass is 35.5. The third-order valence-electron chi connectivity index (χ3n) is 6.69. The van der Waals surface area contributed by atoms with Crippen LogP contribution in [-0.4, -0.2) is 18.1 Å². The van der Waals surface area contributed by atoms with Crippen LogP contribution >= 0.6 is 46.4 Å². The van der Waals surface area contributed by atoms with Crippen LogP contribution in [-0.2, 0) is 0 Å². The number of nitrogens with one attached hydrogen (secondary N) is 2. The molecular weight excluding hydrogens is 590 g/mol. The maximum absolute atomic E-state index is 13.9. The summed E-state index contributed by atoms with van der Waals surface area (Å²) in [6.45, 7) is 1.96. The lowest BCUT2D eigenvalue weighted by Gasteiger charge is -2.43. The minimum Gasteiger partial charge on any atom is -0.307 e. The van der Waals surface area contributed by atoms with Gasteiger partial charge in [-0.05, 0) is 73.5 Å². The van der Waals surface area contributed by atoms with Gasteiger partial charge in [0.2, 0.25) is 0 Å². The van der Waals surface area contributed by atoms with Gasteiger partial charge in [0.05, 0.1) is 31.8 Å². The summed E-state index contributed by atoms with van der Waals surface area (Å²) >= 11 is 24.5. The van der Waals surface area contributed by atoms with E-state index in [-0.39, 0.29) is 24.1 Å². The van der Waals surface area contributed by atoms with Gasteiger partial charge in [-0.25, -0.2) is 9.59 Å². The third-order valence-corrected chi connectivity index (χ3v) is 8.16. The van der Waals surface area contributed by atoms with Crippen LogP contribution in [0.2, 0.25) is 20.1 Å². The van der Waals surface area contributed by atoms with E-state index in [4.69, 9.17) is 46.4 Å². The summed E-state index contributed by atoms with van der Waals surface area (Å²) in [5.41, 5.74) is 3.28. The van der Waals surface area contributed by atoms with Gasteiger partial charge in [-0.3, -0.25) is 9.80 Å². The minimum absolute atomic E-state index is 0.258. The maximum Gasteiger partial charge on any atom is 0.326 e. The Balaban J connectivity index is 1.50. The van der Waals surface area contributed by atoms with Crippen molar-refractivity contribution in [1.82, 2.24) is 0 Å². The first-order valence-corrected chi connectivity index (χ1v) is 14.0. The fourth-order valence-electron chi connectivity index (χ4n) is 4.88. The third kappa shape index (κ3) is 5.86. The fraction of sp³-hybridized carbons (Fsp3) is 0.133. The molecule has 1 aliphatic heterocycles. The predicted octanol–water partition coefficient (Wildman–Crippen LogP) is 9.91. The molecule has 204 valence electrons. The van der Waals surface area contributed by atoms with Gasteiger partial charge < -0.3 is 10.6 Å². The van der Waals surface area contributed by atoms with E-state index in [1.807, 2.05) is 61.5 Å². The van der Waals surface area contributed by atoms with E-state index in [9.17, 15) is 9.59 Å². The van der Waals surface area contributed by atoms with Gasteiger partial charge in [-0.1, -0.05) is 82.8 Å². The van der Waals surface area contributed by atoms with Crippen LogP contribution in [0.1, 0.15) is 24.9 Å². The van der Waals surface area contributed by atoms with Gasteiger partial charge in [0, 0.05) is 23.1 Å². The van der Waals surface area contributed by atoms with Gasteiger partial charge in [-0.2, -0.15) is 0 Å². The lowest BCUT2D eigenvalue weighted by atomic mass is 9.90. The molecular formula is C30H24Cl4N4O2. The number of anilines is 4. The van der Waals surface area contributed by atoms with E-state index in [2.05, 4.69) is 10.6 Å². The van der Waals surface area contributed by atoms with Crippen LogP contribution in [0.4, 0.5) is 32.3 Å². The normalized spacial score (nSPS) is 16.2. The number of fused-ring (bicyclic) bond motifs is 1. The lowest BCUT2D eigenvalue weighted by molar-refractivity contribution is 0.251. The van der Waals surface area contributed by atoms with Crippen LogP contribution in [0.3, 0.4) is 0 Å². The molecule has 1 aliphatic rings. The lowest BCUT2D eigenvalue weighted by Crippen LogP contribution is -2.49. The van der Waals surface area contributed by atoms with Gasteiger partial charge in [-0.15, -0.1) is 0 Å². The molecule has 2 atom stereocenters. The van der Waals surface area contributed by atoms with E-state index in [0.29, 0.717) is 49.3 Å². The molecule has 0 saturated carbocycles. The first-order valence-electron chi connectivity index (χ1n) is 12.5. The molecule has 0 bridgehead atoms. The Morgan fingerprint density at radius 2 is 1.32 bits per heavy atom. The van der Waals surface area contributed by atoms with Crippen LogP contribution in [0.15, 0.2) is 91.0 Å². The van der Waals surface area contributed by atoms with Crippen LogP contribution in [0.5, 0.6) is 0 Å². The van der Waals surface area contributed by atoms with Crippen molar-refractivity contribution in [3.63, 3.8) is 0 Å². The van der Waals surface area contributed by atoms with E-state index >= 15 is 0 Å². The number of hydrogen-bond acceptors (Lipinski definition) is 2. The Bertz CT molecular complexity index is 1570. The number of hydrogen-bond donors (Lipinski definition) is 2. The summed E-state index contributed by atoms with van der Waals surface area (Å²) < 4.78 is 0. The Labute approximate surface area is 252 Å². The molecule has 4 aromatic rings. The molecule has 40 heavy (non-hydrogen) atoms. The molecule has 0 radical (unpaired) electrons. The van der Waals surface area contributed by atoms with E-state index in [0.717, 1.165) is 5.56 Å². The van der Waals surface area contributed by atoms with Crippen molar-refractivity contribution in [2.75, 3.05) is 20.4 Å². The molecule has 0 saturated heterocycles. The molecule has 0 unspecified atom stereocenters. The van der Waals surface area contributed by atoms with Crippen molar-refractivity contribution in [2.24, 2.45) is 0 Å². The van der Waals surface area contributed by atoms with Gasteiger partial charge in [0.1, 0.15) is 0 Å². The number of rotatable bonds is 4. The molecule has 10 heteroatoms. The highest BCUT2D eigenvalue weighted by Gasteiger charge is 2.38. The first kappa shape index (κ1) is 28.1. The summed E-state index contributed by atoms with van der Waals surface area (Å²) in [7, 11) is 0. The van der Waals surface area contributed by atoms with Gasteiger partial charge in [0.15, 0.2) is 0 Å². The van der Waals surface area contributed by atoms with Gasteiger partial charge >= 0.3 is 12.1 Å². The maximum atomic E-state index is 13.9. The monoisotopic (exact) mass is 612 g/mol. The number of para-hydroxylation sites is 2. The largest absolute Gasteiger partial charge is 0.326 e. The van der Waals surface area contributed by atoms with Crippen LogP contribution < -0.4 is 20.4 Å². The number of nitrogens with zero attached hydrogens (tertiary/aromatic N) is 2. The number of amides is 4. The second kappa shape index (κ2) is 12.0. The van der Waals surface area contributed by atoms with E-state index < -0.39 is 0 Å². The molecule has 1 heterocycles. The number of carbonyl (C=O) groups excluding carboxylic acids is 2. The predicted molar refractivity (Wildman–Crippen MR) is 166 cm³/mol. The Morgan fingerprint density at radius 1 is 0.750 bits per heavy atom. The standard InChI is InChI=1S/C30H24Cl4N4O2/c1-18-15-28(38(21-7-3-2-4-8-21)30(40)36-20-12-14-24(32)26(34)17-20)22-9-5-6-10-27(22)37(18)29(39)35-19-11-13-23(31)25(33)16-19/h2-14,16-18,28H,15H2,1H3,(H,35,39)(H,36,40)/t18-,28+/m0/s1. The zero-order valence-corrected chi connectivity index (χ0v) is 24.3. The fourth-order valence-corrected chi connectivity index (χ4v) is 5.47. The summed E-state index contributed by atoms with van der Waals surface area (Å²) in [5, 5.41) is 7.36. The SMILES string of the molecule is C[C@H]1C[C@@H](N(C(=O)Nc2ccc(Cl)c(Cl)c2)c2ccccc2)c2ccccc2N1C(=O)Nc1ccc(Cl)c(Cl)c1. The van der Waals surface area contributed by atoms with Crippen LogP contribution in [0, 0.1) is 0 Å². The smallest absolute Gasteiger partial charge is 0.307 e. The van der Waals surface area contributed by atoms with Crippen LogP contribution in [0.25, 0.3) is 0 Å². The minimum atomic E-state index is -0.370. The number of benzene rings is 4. The quantitative estimate of drug-likeness (QED) is 0.240. The molecule has 0 aliphatic carbocycles. The molecule has 4 aromatic carbocycles. The molecule has 0 spiro atoms. The molecule has 0 aromatic heterocycles. The van der Waals surface area contributed by atoms with Crippen molar-refractivity contribution in [3.8, 4) is 0 Å². The van der Waals surface area contributed by atoms with E-state index in [1.165, 1.54) is 0 Å². The topological polar surface area (TPSA) is 64.7 Å². The Morgan fingerprint density at radius 3 is 1.95 bits per heavy atom. The van der Waals surface area contributed by atoms with Crippen molar-refractivity contribution in [1.29, 1.82) is 0 Å². The summed E-state index contributed by atoms with van der Waals surface area (Å²) in [6.07, 6.45) is 0.482. The van der Waals surface area contributed by atoms with Crippen molar-refractivity contribution in [2.45, 2.75) is 25.4 Å². The Hall–Kier alpha value is -3.42. The zero-order valence-electron chi connectivity index (χ0n) is 21.2. The molecule has 6 nitrogen and oxygen atoms in total. The highest BCUT2D eigenvalue weighted by Crippen LogP contribution is 2.43. The zero-order chi connectivity index (χ0) is 28.4. The molecule has 4 amide bonds. The molecule has 2 N–H and O–H groups in total.